The Balaban J connectivity index is 2.09. The molecule has 0 saturated carbocycles. The van der Waals surface area contributed by atoms with Crippen molar-refractivity contribution in [2.75, 3.05) is 13.1 Å². The zero-order valence-corrected chi connectivity index (χ0v) is 9.83. The molecule has 1 N–H and O–H groups in total. The number of hydrogen-bond acceptors (Lipinski definition) is 2. The van der Waals surface area contributed by atoms with Gasteiger partial charge in [-0.1, -0.05) is 6.08 Å². The van der Waals surface area contributed by atoms with Crippen LogP contribution in [0.25, 0.3) is 0 Å². The lowest BCUT2D eigenvalue weighted by Crippen LogP contribution is -2.37. The van der Waals surface area contributed by atoms with Crippen LogP contribution in [-0.2, 0) is 0 Å². The highest BCUT2D eigenvalue weighted by molar-refractivity contribution is 5.94. The molecule has 0 fully saturated rings. The van der Waals surface area contributed by atoms with Crippen molar-refractivity contribution in [1.82, 2.24) is 9.88 Å². The first kappa shape index (κ1) is 13.4. The van der Waals surface area contributed by atoms with E-state index in [1.54, 1.807) is 0 Å². The maximum absolute atomic E-state index is 12.4. The van der Waals surface area contributed by atoms with Gasteiger partial charge in [-0.3, -0.25) is 9.59 Å². The van der Waals surface area contributed by atoms with Crippen LogP contribution in [0.4, 0.5) is 13.2 Å². The van der Waals surface area contributed by atoms with E-state index in [1.165, 1.54) is 23.2 Å². The average molecular weight is 272 g/mol. The number of hydrogen-bond donors (Lipinski definition) is 1. The van der Waals surface area contributed by atoms with Crippen molar-refractivity contribution in [3.05, 3.63) is 45.9 Å². The number of nitrogens with zero attached hydrogens (tertiary/aromatic N) is 1. The zero-order chi connectivity index (χ0) is 14.0. The Morgan fingerprint density at radius 3 is 2.53 bits per heavy atom. The fourth-order valence-electron chi connectivity index (χ4n) is 1.84. The summed E-state index contributed by atoms with van der Waals surface area (Å²) in [5.74, 6) is -0.395. The van der Waals surface area contributed by atoms with Crippen molar-refractivity contribution in [3.63, 3.8) is 0 Å². The van der Waals surface area contributed by atoms with E-state index in [4.69, 9.17) is 0 Å². The second-order valence-corrected chi connectivity index (χ2v) is 4.17. The summed E-state index contributed by atoms with van der Waals surface area (Å²) in [7, 11) is 0. The smallest absolute Gasteiger partial charge is 0.335 e. The van der Waals surface area contributed by atoms with E-state index in [0.717, 1.165) is 6.08 Å². The molecule has 0 radical (unpaired) electrons. The van der Waals surface area contributed by atoms with Gasteiger partial charge in [0.2, 0.25) is 5.56 Å². The Hall–Kier alpha value is -2.05. The van der Waals surface area contributed by atoms with Crippen LogP contribution in [0.3, 0.4) is 0 Å². The van der Waals surface area contributed by atoms with E-state index in [2.05, 4.69) is 4.98 Å². The number of H-pyrrole nitrogens is 1. The van der Waals surface area contributed by atoms with Gasteiger partial charge in [-0.15, -0.1) is 0 Å². The molecule has 0 unspecified atom stereocenters. The van der Waals surface area contributed by atoms with Crippen LogP contribution in [0.2, 0.25) is 0 Å². The van der Waals surface area contributed by atoms with E-state index in [9.17, 15) is 22.8 Å². The molecule has 1 aliphatic heterocycles. The Morgan fingerprint density at radius 1 is 1.32 bits per heavy atom. The first-order chi connectivity index (χ1) is 8.88. The number of rotatable bonds is 1. The van der Waals surface area contributed by atoms with Gasteiger partial charge in [0.1, 0.15) is 0 Å². The van der Waals surface area contributed by atoms with Crippen LogP contribution in [-0.4, -0.2) is 35.1 Å². The number of alkyl halides is 3. The normalized spacial score (nSPS) is 16.2. The second-order valence-electron chi connectivity index (χ2n) is 4.17. The third-order valence-corrected chi connectivity index (χ3v) is 2.89. The van der Waals surface area contributed by atoms with Crippen LogP contribution in [0.5, 0.6) is 0 Å². The number of aromatic nitrogens is 1. The molecule has 0 atom stereocenters. The number of nitrogens with one attached hydrogen (secondary N) is 1. The van der Waals surface area contributed by atoms with Gasteiger partial charge in [0.15, 0.2) is 0 Å². The van der Waals surface area contributed by atoms with Gasteiger partial charge in [-0.25, -0.2) is 0 Å². The SMILES string of the molecule is O=C(c1ccc(=O)[nH]c1)N1CC=C(C(F)(F)F)CC1. The number of amides is 1. The van der Waals surface area contributed by atoms with Crippen molar-refractivity contribution in [1.29, 1.82) is 0 Å². The maximum atomic E-state index is 12.4. The highest BCUT2D eigenvalue weighted by Gasteiger charge is 2.35. The summed E-state index contributed by atoms with van der Waals surface area (Å²) in [6, 6.07) is 2.55. The van der Waals surface area contributed by atoms with Gasteiger partial charge in [0.25, 0.3) is 5.91 Å². The summed E-state index contributed by atoms with van der Waals surface area (Å²) in [5, 5.41) is 0. The topological polar surface area (TPSA) is 53.2 Å². The molecule has 1 amide bonds. The molecular formula is C12H11F3N2O2. The Kier molecular flexibility index (Phi) is 3.46. The second kappa shape index (κ2) is 4.91. The first-order valence-electron chi connectivity index (χ1n) is 5.62. The molecule has 1 aromatic rings. The number of halogens is 3. The lowest BCUT2D eigenvalue weighted by molar-refractivity contribution is -0.0957. The minimum Gasteiger partial charge on any atom is -0.335 e. The van der Waals surface area contributed by atoms with Crippen molar-refractivity contribution in [3.8, 4) is 0 Å². The van der Waals surface area contributed by atoms with Gasteiger partial charge < -0.3 is 9.88 Å². The molecule has 2 rings (SSSR count). The van der Waals surface area contributed by atoms with Gasteiger partial charge >= 0.3 is 6.18 Å². The van der Waals surface area contributed by atoms with Crippen LogP contribution in [0, 0.1) is 0 Å². The molecule has 1 aliphatic rings. The van der Waals surface area contributed by atoms with Crippen LogP contribution < -0.4 is 5.56 Å². The predicted molar refractivity (Wildman–Crippen MR) is 61.7 cm³/mol. The fourth-order valence-corrected chi connectivity index (χ4v) is 1.84. The van der Waals surface area contributed by atoms with E-state index < -0.39 is 17.7 Å². The number of aromatic amines is 1. The standard InChI is InChI=1S/C12H11F3N2O2/c13-12(14,15)9-3-5-17(6-4-9)11(19)8-1-2-10(18)16-7-8/h1-3,7H,4-6H2,(H,16,18). The highest BCUT2D eigenvalue weighted by atomic mass is 19.4. The Labute approximate surface area is 106 Å². The minimum absolute atomic E-state index is 0.0172. The van der Waals surface area contributed by atoms with Gasteiger partial charge in [0, 0.05) is 30.9 Å². The lowest BCUT2D eigenvalue weighted by Gasteiger charge is -2.27. The van der Waals surface area contributed by atoms with Crippen LogP contribution in [0.1, 0.15) is 16.8 Å². The summed E-state index contributed by atoms with van der Waals surface area (Å²) in [5.41, 5.74) is -0.684. The van der Waals surface area contributed by atoms with Gasteiger partial charge in [-0.2, -0.15) is 13.2 Å². The quantitative estimate of drug-likeness (QED) is 0.791. The molecule has 0 spiro atoms. The lowest BCUT2D eigenvalue weighted by atomic mass is 10.1. The van der Waals surface area contributed by atoms with Crippen LogP contribution >= 0.6 is 0 Å². The van der Waals surface area contributed by atoms with E-state index in [-0.39, 0.29) is 30.6 Å². The maximum Gasteiger partial charge on any atom is 0.412 e. The molecule has 1 aromatic heterocycles. The number of carbonyl (C=O) groups excluding carboxylic acids is 1. The fraction of sp³-hybridized carbons (Fsp3) is 0.333. The zero-order valence-electron chi connectivity index (χ0n) is 9.83. The Bertz CT molecular complexity index is 555. The summed E-state index contributed by atoms with van der Waals surface area (Å²) in [6.07, 6.45) is -2.26. The molecule has 2 heterocycles. The van der Waals surface area contributed by atoms with Crippen molar-refractivity contribution < 1.29 is 18.0 Å². The molecule has 19 heavy (non-hydrogen) atoms. The van der Waals surface area contributed by atoms with E-state index in [1.807, 2.05) is 0 Å². The summed E-state index contributed by atoms with van der Waals surface area (Å²) in [4.78, 5) is 26.5. The first-order valence-corrected chi connectivity index (χ1v) is 5.62. The van der Waals surface area contributed by atoms with Crippen molar-refractivity contribution >= 4 is 5.91 Å². The third kappa shape index (κ3) is 3.04. The Morgan fingerprint density at radius 2 is 2.05 bits per heavy atom. The van der Waals surface area contributed by atoms with Crippen molar-refractivity contribution in [2.24, 2.45) is 0 Å². The predicted octanol–water partition coefficient (Wildman–Crippen LogP) is 1.71. The molecule has 7 heteroatoms. The molecule has 102 valence electrons. The summed E-state index contributed by atoms with van der Waals surface area (Å²) >= 11 is 0. The molecule has 0 aliphatic carbocycles. The number of pyridine rings is 1. The minimum atomic E-state index is -4.33. The van der Waals surface area contributed by atoms with E-state index >= 15 is 0 Å². The summed E-state index contributed by atoms with van der Waals surface area (Å²) < 4.78 is 37.3. The summed E-state index contributed by atoms with van der Waals surface area (Å²) in [6.45, 7) is -0.0594. The molecule has 0 bridgehead atoms. The molecule has 0 aromatic carbocycles. The van der Waals surface area contributed by atoms with Crippen LogP contribution in [0.15, 0.2) is 34.8 Å². The van der Waals surface area contributed by atoms with Gasteiger partial charge in [-0.05, 0) is 12.5 Å². The number of carbonyl (C=O) groups is 1. The highest BCUT2D eigenvalue weighted by Crippen LogP contribution is 2.30. The average Bonchev–Trinajstić information content (AvgIpc) is 2.38. The molecule has 0 saturated heterocycles. The van der Waals surface area contributed by atoms with Crippen molar-refractivity contribution in [2.45, 2.75) is 12.6 Å². The van der Waals surface area contributed by atoms with Gasteiger partial charge in [0.05, 0.1) is 5.56 Å². The largest absolute Gasteiger partial charge is 0.412 e. The van der Waals surface area contributed by atoms with E-state index in [0.29, 0.717) is 0 Å². The monoisotopic (exact) mass is 272 g/mol. The third-order valence-electron chi connectivity index (χ3n) is 2.89. The molecular weight excluding hydrogens is 261 g/mol. The molecule has 4 nitrogen and oxygen atoms in total.